The average molecular weight is 857 g/mol. The summed E-state index contributed by atoms with van der Waals surface area (Å²) in [5, 5.41) is 9.77. The van der Waals surface area contributed by atoms with Crippen molar-refractivity contribution in [2.45, 2.75) is 61.9 Å². The molecule has 3 aliphatic heterocycles. The smallest absolute Gasteiger partial charge is 0.367 e. The van der Waals surface area contributed by atoms with E-state index in [1.807, 2.05) is 11.0 Å². The molecule has 59 heavy (non-hydrogen) atoms. The van der Waals surface area contributed by atoms with E-state index in [0.29, 0.717) is 56.2 Å². The van der Waals surface area contributed by atoms with Crippen LogP contribution in [-0.4, -0.2) is 122 Å². The topological polar surface area (TPSA) is 149 Å². The van der Waals surface area contributed by atoms with Crippen LogP contribution in [0, 0.1) is 5.82 Å². The number of anilines is 2. The number of piperazine rings is 1. The van der Waals surface area contributed by atoms with Gasteiger partial charge in [-0.2, -0.15) is 18.3 Å². The number of likely N-dealkylation sites (N-methyl/N-ethyl adjacent to an activating group) is 1. The summed E-state index contributed by atoms with van der Waals surface area (Å²) in [7, 11) is 1.38. The molecule has 0 spiro atoms. The highest BCUT2D eigenvalue weighted by Crippen LogP contribution is 2.34. The Labute approximate surface area is 346 Å². The highest BCUT2D eigenvalue weighted by molar-refractivity contribution is 7.97. The molecule has 2 N–H and O–H groups in total. The Morgan fingerprint density at radius 3 is 2.46 bits per heavy atom. The van der Waals surface area contributed by atoms with Gasteiger partial charge in [-0.05, 0) is 61.0 Å². The lowest BCUT2D eigenvalue weighted by Gasteiger charge is -2.36. The standard InChI is InChI=1S/C39H41ClF4N10O4S/c1-45-35(56)32(6-3-15-55)54-36(57)28-17-31(41)33(18-29(28)37(54)58)51-13-11-50(12-14-51)21-24-4-2-5-27(16-24)59-53-9-7-26(8-10-53)48-38-46-20-30(40)34(49-38)25-19-47-52(22-25)23-39(42,43)44/h2,4-5,15-20,22,26,32H,3,6-14,21,23H2,1H3,(H,45,56)(H,46,48,49). The molecular weight excluding hydrogens is 816 g/mol. The van der Waals surface area contributed by atoms with E-state index in [4.69, 9.17) is 11.6 Å². The van der Waals surface area contributed by atoms with Crippen LogP contribution < -0.4 is 15.5 Å². The van der Waals surface area contributed by atoms with E-state index >= 15 is 4.39 Å². The second kappa shape index (κ2) is 18.0. The monoisotopic (exact) mass is 856 g/mol. The van der Waals surface area contributed by atoms with Crippen LogP contribution in [0.2, 0.25) is 5.02 Å². The van der Waals surface area contributed by atoms with Gasteiger partial charge in [0.1, 0.15) is 24.7 Å². The van der Waals surface area contributed by atoms with E-state index in [1.165, 1.54) is 31.7 Å². The predicted molar refractivity (Wildman–Crippen MR) is 212 cm³/mol. The summed E-state index contributed by atoms with van der Waals surface area (Å²) < 4.78 is 57.0. The summed E-state index contributed by atoms with van der Waals surface area (Å²) in [6.07, 6.45) is 1.76. The summed E-state index contributed by atoms with van der Waals surface area (Å²) in [6, 6.07) is 9.70. The molecule has 312 valence electrons. The van der Waals surface area contributed by atoms with Gasteiger partial charge in [0.2, 0.25) is 11.9 Å². The van der Waals surface area contributed by atoms with E-state index in [9.17, 15) is 32.3 Å². The van der Waals surface area contributed by atoms with Gasteiger partial charge in [0.05, 0.1) is 39.9 Å². The van der Waals surface area contributed by atoms with Crippen LogP contribution >= 0.6 is 23.5 Å². The van der Waals surface area contributed by atoms with Crippen LogP contribution in [-0.2, 0) is 22.7 Å². The molecule has 14 nitrogen and oxygen atoms in total. The maximum atomic E-state index is 15.5. The lowest BCUT2D eigenvalue weighted by atomic mass is 10.1. The van der Waals surface area contributed by atoms with Gasteiger partial charge in [0.15, 0.2) is 0 Å². The molecule has 2 saturated heterocycles. The van der Waals surface area contributed by atoms with Crippen molar-refractivity contribution in [2.75, 3.05) is 56.5 Å². The molecule has 2 fully saturated rings. The van der Waals surface area contributed by atoms with Crippen LogP contribution in [0.4, 0.5) is 29.2 Å². The van der Waals surface area contributed by atoms with E-state index in [1.54, 1.807) is 11.9 Å². The highest BCUT2D eigenvalue weighted by atomic mass is 35.5. The van der Waals surface area contributed by atoms with E-state index in [2.05, 4.69) is 53.1 Å². The zero-order valence-electron chi connectivity index (χ0n) is 31.9. The Morgan fingerprint density at radius 1 is 1.03 bits per heavy atom. The number of nitrogens with one attached hydrogen (secondary N) is 2. The fraction of sp³-hybridized carbons (Fsp3) is 0.410. The molecule has 2 aromatic carbocycles. The first kappa shape index (κ1) is 42.0. The molecule has 3 aliphatic rings. The quantitative estimate of drug-likeness (QED) is 0.0735. The van der Waals surface area contributed by atoms with Gasteiger partial charge in [-0.3, -0.25) is 28.9 Å². The van der Waals surface area contributed by atoms with Crippen molar-refractivity contribution in [3.05, 3.63) is 82.5 Å². The predicted octanol–water partition coefficient (Wildman–Crippen LogP) is 5.29. The van der Waals surface area contributed by atoms with Crippen LogP contribution in [0.5, 0.6) is 0 Å². The van der Waals surface area contributed by atoms with Crippen molar-refractivity contribution in [1.29, 1.82) is 0 Å². The van der Waals surface area contributed by atoms with Crippen molar-refractivity contribution in [3.63, 3.8) is 0 Å². The van der Waals surface area contributed by atoms with Crippen molar-refractivity contribution >= 4 is 59.2 Å². The molecule has 20 heteroatoms. The summed E-state index contributed by atoms with van der Waals surface area (Å²) in [6.45, 7) is 3.33. The minimum absolute atomic E-state index is 0.0254. The minimum atomic E-state index is -4.40. The van der Waals surface area contributed by atoms with Crippen LogP contribution in [0.1, 0.15) is 52.0 Å². The minimum Gasteiger partial charge on any atom is -0.367 e. The number of nitrogens with zero attached hydrogens (tertiary/aromatic N) is 8. The van der Waals surface area contributed by atoms with Crippen molar-refractivity contribution in [3.8, 4) is 11.3 Å². The second-order valence-corrected chi connectivity index (χ2v) is 16.1. The number of carbonyl (C=O) groups excluding carboxylic acids is 4. The zero-order valence-corrected chi connectivity index (χ0v) is 33.5. The molecule has 7 rings (SSSR count). The number of carbonyl (C=O) groups is 4. The first-order valence-electron chi connectivity index (χ1n) is 19.0. The molecule has 5 heterocycles. The Kier molecular flexibility index (Phi) is 12.8. The molecule has 4 aromatic rings. The number of rotatable bonds is 14. The Balaban J connectivity index is 0.896. The van der Waals surface area contributed by atoms with E-state index in [-0.39, 0.29) is 40.7 Å². The number of imide groups is 1. The largest absolute Gasteiger partial charge is 0.408 e. The third-order valence-electron chi connectivity index (χ3n) is 10.4. The lowest BCUT2D eigenvalue weighted by molar-refractivity contribution is -0.142. The van der Waals surface area contributed by atoms with E-state index in [0.717, 1.165) is 52.0 Å². The molecule has 0 radical (unpaired) electrons. The van der Waals surface area contributed by atoms with Gasteiger partial charge in [-0.15, -0.1) is 0 Å². The SMILES string of the molecule is CNC(=O)C(CCC=O)N1C(=O)c2cc(F)c(N3CCN(Cc4cccc(SN5CCC(Nc6ncc(Cl)c(-c7cnn(CC(F)(F)F)c7)n6)CC5)c4)CC3)cc2C1=O. The molecular formula is C39H41ClF4N10O4S. The number of benzene rings is 2. The first-order chi connectivity index (χ1) is 28.3. The van der Waals surface area contributed by atoms with Crippen molar-refractivity contribution < 1.29 is 36.7 Å². The van der Waals surface area contributed by atoms with Gasteiger partial charge in [-0.25, -0.2) is 18.7 Å². The number of aromatic nitrogens is 4. The lowest BCUT2D eigenvalue weighted by Crippen LogP contribution is -2.48. The number of alkyl halides is 3. The number of hydrogen-bond donors (Lipinski definition) is 2. The molecule has 3 amide bonds. The second-order valence-electron chi connectivity index (χ2n) is 14.5. The number of aldehydes is 1. The third kappa shape index (κ3) is 9.86. The molecule has 0 aliphatic carbocycles. The fourth-order valence-electron chi connectivity index (χ4n) is 7.49. The maximum Gasteiger partial charge on any atom is 0.408 e. The van der Waals surface area contributed by atoms with Gasteiger partial charge in [0.25, 0.3) is 11.8 Å². The number of fused-ring (bicyclic) bond motifs is 1. The average Bonchev–Trinajstić information content (AvgIpc) is 3.76. The Bertz CT molecular complexity index is 2210. The normalized spacial score (nSPS) is 17.3. The maximum absolute atomic E-state index is 15.5. The summed E-state index contributed by atoms with van der Waals surface area (Å²) >= 11 is 7.97. The summed E-state index contributed by atoms with van der Waals surface area (Å²) in [5.74, 6) is -2.33. The molecule has 0 saturated carbocycles. The Morgan fingerprint density at radius 2 is 1.76 bits per heavy atom. The van der Waals surface area contributed by atoms with Crippen LogP contribution in [0.25, 0.3) is 11.3 Å². The van der Waals surface area contributed by atoms with Crippen LogP contribution in [0.3, 0.4) is 0 Å². The first-order valence-corrected chi connectivity index (χ1v) is 20.2. The molecule has 2 aromatic heterocycles. The Hall–Kier alpha value is -5.11. The number of hydrogen-bond acceptors (Lipinski definition) is 12. The number of piperidine rings is 1. The zero-order chi connectivity index (χ0) is 41.8. The molecule has 1 atom stereocenters. The van der Waals surface area contributed by atoms with Gasteiger partial charge in [-0.1, -0.05) is 23.7 Å². The summed E-state index contributed by atoms with van der Waals surface area (Å²) in [5.41, 5.74) is 1.94. The van der Waals surface area contributed by atoms with Crippen molar-refractivity contribution in [2.24, 2.45) is 0 Å². The van der Waals surface area contributed by atoms with Gasteiger partial charge in [0, 0.05) is 82.0 Å². The highest BCUT2D eigenvalue weighted by Gasteiger charge is 2.43. The molecule has 0 bridgehead atoms. The van der Waals surface area contributed by atoms with Crippen LogP contribution in [0.15, 0.2) is 59.9 Å². The fourth-order valence-corrected chi connectivity index (χ4v) is 8.72. The summed E-state index contributed by atoms with van der Waals surface area (Å²) in [4.78, 5) is 65.0. The number of amides is 3. The van der Waals surface area contributed by atoms with Crippen molar-refractivity contribution in [1.82, 2.24) is 39.2 Å². The van der Waals surface area contributed by atoms with Gasteiger partial charge < -0.3 is 20.3 Å². The molecule has 1 unspecified atom stereocenters. The van der Waals surface area contributed by atoms with E-state index < -0.39 is 42.3 Å². The third-order valence-corrected chi connectivity index (χ3v) is 11.8. The van der Waals surface area contributed by atoms with Gasteiger partial charge >= 0.3 is 6.18 Å². The number of halogens is 5.